The van der Waals surface area contributed by atoms with Crippen LogP contribution in [0.2, 0.25) is 0 Å². The van der Waals surface area contributed by atoms with Crippen molar-refractivity contribution in [2.75, 3.05) is 13.2 Å². The van der Waals surface area contributed by atoms with E-state index < -0.39 is 0 Å². The van der Waals surface area contributed by atoms with E-state index in [1.54, 1.807) is 0 Å². The molecule has 1 unspecified atom stereocenters. The molecule has 1 fully saturated rings. The predicted molar refractivity (Wildman–Crippen MR) is 68.8 cm³/mol. The van der Waals surface area contributed by atoms with E-state index in [-0.39, 0.29) is 0 Å². The van der Waals surface area contributed by atoms with Gasteiger partial charge in [-0.2, -0.15) is 0 Å². The molecule has 2 heterocycles. The molecule has 0 radical (unpaired) electrons. The third kappa shape index (κ3) is 3.79. The van der Waals surface area contributed by atoms with E-state index >= 15 is 0 Å². The second-order valence-corrected chi connectivity index (χ2v) is 4.89. The Bertz CT molecular complexity index is 348. The van der Waals surface area contributed by atoms with Crippen molar-refractivity contribution in [3.05, 3.63) is 29.6 Å². The highest BCUT2D eigenvalue weighted by Gasteiger charge is 2.19. The number of nitrogens with one attached hydrogen (secondary N) is 1. The monoisotopic (exact) mass is 234 g/mol. The molecule has 3 heteroatoms. The Hall–Kier alpha value is -0.930. The molecule has 1 aliphatic heterocycles. The number of hydrogen-bond acceptors (Lipinski definition) is 3. The van der Waals surface area contributed by atoms with Crippen LogP contribution in [-0.2, 0) is 11.3 Å². The highest BCUT2D eigenvalue weighted by Crippen LogP contribution is 2.18. The molecule has 17 heavy (non-hydrogen) atoms. The molecule has 1 atom stereocenters. The molecule has 0 bridgehead atoms. The SMILES string of the molecule is Cc1cccc(CNC(C)C2CCOCC2)n1. The van der Waals surface area contributed by atoms with Gasteiger partial charge in [-0.25, -0.2) is 0 Å². The van der Waals surface area contributed by atoms with Crippen LogP contribution in [0.3, 0.4) is 0 Å². The first-order valence-corrected chi connectivity index (χ1v) is 6.49. The molecule has 3 nitrogen and oxygen atoms in total. The summed E-state index contributed by atoms with van der Waals surface area (Å²) in [6.45, 7) is 7.00. The van der Waals surface area contributed by atoms with Crippen LogP contribution in [0.25, 0.3) is 0 Å². The quantitative estimate of drug-likeness (QED) is 0.868. The lowest BCUT2D eigenvalue weighted by Gasteiger charge is -2.28. The lowest BCUT2D eigenvalue weighted by atomic mass is 9.93. The van der Waals surface area contributed by atoms with Crippen LogP contribution < -0.4 is 5.32 Å². The predicted octanol–water partition coefficient (Wildman–Crippen LogP) is 2.29. The molecule has 1 N–H and O–H groups in total. The molecule has 1 aromatic heterocycles. The van der Waals surface area contributed by atoms with Crippen LogP contribution in [0.5, 0.6) is 0 Å². The highest BCUT2D eigenvalue weighted by atomic mass is 16.5. The van der Waals surface area contributed by atoms with Crippen molar-refractivity contribution in [1.29, 1.82) is 0 Å². The smallest absolute Gasteiger partial charge is 0.0544 e. The molecule has 1 saturated heterocycles. The number of pyridine rings is 1. The summed E-state index contributed by atoms with van der Waals surface area (Å²) in [5.41, 5.74) is 2.21. The number of aryl methyl sites for hydroxylation is 1. The Morgan fingerprint density at radius 3 is 2.88 bits per heavy atom. The van der Waals surface area contributed by atoms with Gasteiger partial charge in [-0.3, -0.25) is 4.98 Å². The summed E-state index contributed by atoms with van der Waals surface area (Å²) in [4.78, 5) is 4.50. The van der Waals surface area contributed by atoms with Crippen LogP contribution in [-0.4, -0.2) is 24.2 Å². The summed E-state index contributed by atoms with van der Waals surface area (Å²) in [6.07, 6.45) is 2.35. The second kappa shape index (κ2) is 6.12. The Morgan fingerprint density at radius 1 is 1.41 bits per heavy atom. The fourth-order valence-corrected chi connectivity index (χ4v) is 2.35. The maximum atomic E-state index is 5.39. The lowest BCUT2D eigenvalue weighted by molar-refractivity contribution is 0.0557. The summed E-state index contributed by atoms with van der Waals surface area (Å²) < 4.78 is 5.39. The molecule has 0 saturated carbocycles. The van der Waals surface area contributed by atoms with E-state index in [1.807, 2.05) is 13.0 Å². The Labute approximate surface area is 104 Å². The van der Waals surface area contributed by atoms with Crippen molar-refractivity contribution in [3.8, 4) is 0 Å². The van der Waals surface area contributed by atoms with Crippen LogP contribution in [0, 0.1) is 12.8 Å². The minimum atomic E-state index is 0.543. The van der Waals surface area contributed by atoms with E-state index in [4.69, 9.17) is 4.74 Å². The van der Waals surface area contributed by atoms with Crippen LogP contribution >= 0.6 is 0 Å². The normalized spacial score (nSPS) is 19.2. The summed E-state index contributed by atoms with van der Waals surface area (Å²) in [6, 6.07) is 6.72. The maximum Gasteiger partial charge on any atom is 0.0544 e. The fourth-order valence-electron chi connectivity index (χ4n) is 2.35. The van der Waals surface area contributed by atoms with E-state index in [1.165, 1.54) is 12.8 Å². The molecule has 94 valence electrons. The van der Waals surface area contributed by atoms with Gasteiger partial charge in [-0.15, -0.1) is 0 Å². The number of nitrogens with zero attached hydrogens (tertiary/aromatic N) is 1. The van der Waals surface area contributed by atoms with E-state index in [2.05, 4.69) is 29.4 Å². The topological polar surface area (TPSA) is 34.1 Å². The van der Waals surface area contributed by atoms with Crippen LogP contribution in [0.1, 0.15) is 31.2 Å². The average molecular weight is 234 g/mol. The van der Waals surface area contributed by atoms with Gasteiger partial charge in [0.2, 0.25) is 0 Å². The zero-order valence-corrected chi connectivity index (χ0v) is 10.8. The minimum absolute atomic E-state index is 0.543. The number of hydrogen-bond donors (Lipinski definition) is 1. The molecular weight excluding hydrogens is 212 g/mol. The van der Waals surface area contributed by atoms with E-state index in [0.29, 0.717) is 6.04 Å². The number of ether oxygens (including phenoxy) is 1. The molecule has 1 aromatic rings. The van der Waals surface area contributed by atoms with Crippen LogP contribution in [0.15, 0.2) is 18.2 Å². The van der Waals surface area contributed by atoms with E-state index in [9.17, 15) is 0 Å². The van der Waals surface area contributed by atoms with Gasteiger partial charge < -0.3 is 10.1 Å². The molecule has 2 rings (SSSR count). The van der Waals surface area contributed by atoms with Crippen molar-refractivity contribution in [2.45, 2.75) is 39.3 Å². The van der Waals surface area contributed by atoms with E-state index in [0.717, 1.165) is 37.1 Å². The van der Waals surface area contributed by atoms with Crippen LogP contribution in [0.4, 0.5) is 0 Å². The highest BCUT2D eigenvalue weighted by molar-refractivity contribution is 5.09. The summed E-state index contributed by atoms with van der Waals surface area (Å²) >= 11 is 0. The van der Waals surface area contributed by atoms with Crippen molar-refractivity contribution < 1.29 is 4.74 Å². The third-order valence-corrected chi connectivity index (χ3v) is 3.52. The Balaban J connectivity index is 1.80. The average Bonchev–Trinajstić information content (AvgIpc) is 2.37. The first kappa shape index (κ1) is 12.5. The largest absolute Gasteiger partial charge is 0.381 e. The van der Waals surface area contributed by atoms with Gasteiger partial charge >= 0.3 is 0 Å². The maximum absolute atomic E-state index is 5.39. The van der Waals surface area contributed by atoms with Gasteiger partial charge in [0.25, 0.3) is 0 Å². The summed E-state index contributed by atoms with van der Waals surface area (Å²) in [7, 11) is 0. The van der Waals surface area contributed by atoms with Crippen molar-refractivity contribution in [1.82, 2.24) is 10.3 Å². The number of rotatable bonds is 4. The van der Waals surface area contributed by atoms with Gasteiger partial charge in [-0.05, 0) is 44.7 Å². The van der Waals surface area contributed by atoms with Gasteiger partial charge in [0.05, 0.1) is 5.69 Å². The van der Waals surface area contributed by atoms with Crippen molar-refractivity contribution >= 4 is 0 Å². The zero-order valence-electron chi connectivity index (χ0n) is 10.8. The zero-order chi connectivity index (χ0) is 12.1. The molecule has 1 aliphatic rings. The van der Waals surface area contributed by atoms with Gasteiger partial charge in [0.1, 0.15) is 0 Å². The second-order valence-electron chi connectivity index (χ2n) is 4.89. The Morgan fingerprint density at radius 2 is 2.18 bits per heavy atom. The van der Waals surface area contributed by atoms with Crippen molar-refractivity contribution in [3.63, 3.8) is 0 Å². The number of aromatic nitrogens is 1. The summed E-state index contributed by atoms with van der Waals surface area (Å²) in [5, 5.41) is 3.58. The molecule has 0 spiro atoms. The first-order valence-electron chi connectivity index (χ1n) is 6.49. The fraction of sp³-hybridized carbons (Fsp3) is 0.643. The first-order chi connectivity index (χ1) is 8.25. The Kier molecular flexibility index (Phi) is 4.51. The molecule has 0 aromatic carbocycles. The standard InChI is InChI=1S/C14H22N2O/c1-11-4-3-5-14(16-11)10-15-12(2)13-6-8-17-9-7-13/h3-5,12-13,15H,6-10H2,1-2H3. The van der Waals surface area contributed by atoms with Gasteiger partial charge in [0, 0.05) is 31.5 Å². The van der Waals surface area contributed by atoms with Gasteiger partial charge in [0.15, 0.2) is 0 Å². The molecule has 0 amide bonds. The van der Waals surface area contributed by atoms with Gasteiger partial charge in [-0.1, -0.05) is 6.07 Å². The minimum Gasteiger partial charge on any atom is -0.381 e. The molecule has 0 aliphatic carbocycles. The van der Waals surface area contributed by atoms with Crippen molar-refractivity contribution in [2.24, 2.45) is 5.92 Å². The summed E-state index contributed by atoms with van der Waals surface area (Å²) in [5.74, 6) is 0.744. The third-order valence-electron chi connectivity index (χ3n) is 3.52. The molecular formula is C14H22N2O. The lowest BCUT2D eigenvalue weighted by Crippen LogP contribution is -2.36.